The van der Waals surface area contributed by atoms with Crippen molar-refractivity contribution in [1.82, 2.24) is 9.47 Å². The van der Waals surface area contributed by atoms with Crippen molar-refractivity contribution < 1.29 is 29.0 Å². The van der Waals surface area contributed by atoms with E-state index in [-0.39, 0.29) is 24.1 Å². The first kappa shape index (κ1) is 21.6. The molecule has 0 bridgehead atoms. The second-order valence-electron chi connectivity index (χ2n) is 8.35. The number of hydrogen-bond donors (Lipinski definition) is 2. The van der Waals surface area contributed by atoms with Gasteiger partial charge in [0, 0.05) is 42.9 Å². The molecule has 0 spiro atoms. The number of hydrogen-bond acceptors (Lipinski definition) is 6. The van der Waals surface area contributed by atoms with Crippen LogP contribution in [0.1, 0.15) is 24.0 Å². The molecule has 3 aromatic rings. The van der Waals surface area contributed by atoms with Crippen molar-refractivity contribution in [2.24, 2.45) is 7.05 Å². The number of methoxy groups -OCH3 is 1. The fourth-order valence-electron chi connectivity index (χ4n) is 4.84. The van der Waals surface area contributed by atoms with Gasteiger partial charge in [-0.25, -0.2) is 4.79 Å². The third-order valence-corrected chi connectivity index (χ3v) is 6.30. The topological polar surface area (TPSA) is 110 Å². The number of rotatable bonds is 5. The smallest absolute Gasteiger partial charge is 0.341 e. The average Bonchev–Trinajstić information content (AvgIpc) is 3.26. The van der Waals surface area contributed by atoms with E-state index in [1.54, 1.807) is 18.2 Å². The third-order valence-electron chi connectivity index (χ3n) is 6.30. The number of aryl methyl sites for hydroxylation is 1. The van der Waals surface area contributed by atoms with Crippen molar-refractivity contribution in [3.05, 3.63) is 65.0 Å². The van der Waals surface area contributed by atoms with Crippen molar-refractivity contribution in [2.45, 2.75) is 12.8 Å². The van der Waals surface area contributed by atoms with Crippen LogP contribution in [-0.4, -0.2) is 52.6 Å². The van der Waals surface area contributed by atoms with Gasteiger partial charge in [-0.3, -0.25) is 14.5 Å². The maximum atomic E-state index is 13.5. The molecule has 2 N–H and O–H groups in total. The highest BCUT2D eigenvalue weighted by molar-refractivity contribution is 6.11. The molecule has 0 unspecified atom stereocenters. The first-order valence-corrected chi connectivity index (χ1v) is 10.7. The minimum Gasteiger partial charge on any atom is -0.493 e. The molecule has 5 rings (SSSR count). The molecule has 174 valence electrons. The molecular weight excluding hydrogens is 438 g/mol. The van der Waals surface area contributed by atoms with E-state index in [0.29, 0.717) is 17.0 Å². The van der Waals surface area contributed by atoms with Crippen molar-refractivity contribution in [3.63, 3.8) is 0 Å². The van der Waals surface area contributed by atoms with Gasteiger partial charge < -0.3 is 24.5 Å². The van der Waals surface area contributed by atoms with Gasteiger partial charge in [0.15, 0.2) is 18.1 Å². The largest absolute Gasteiger partial charge is 0.493 e. The number of nitrogens with one attached hydrogen (secondary N) is 1. The second kappa shape index (κ2) is 7.95. The van der Waals surface area contributed by atoms with E-state index in [2.05, 4.69) is 5.32 Å². The molecular formula is C25H23N3O6. The Bertz CT molecular complexity index is 1400. The van der Waals surface area contributed by atoms with Crippen LogP contribution in [0.25, 0.3) is 10.9 Å². The van der Waals surface area contributed by atoms with Crippen LogP contribution >= 0.6 is 0 Å². The summed E-state index contributed by atoms with van der Waals surface area (Å²) in [5, 5.41) is 13.4. The van der Waals surface area contributed by atoms with Crippen LogP contribution in [0.3, 0.4) is 0 Å². The molecule has 0 saturated carbocycles. The van der Waals surface area contributed by atoms with E-state index in [9.17, 15) is 14.4 Å². The monoisotopic (exact) mass is 461 g/mol. The van der Waals surface area contributed by atoms with Crippen LogP contribution in [-0.2, 0) is 21.4 Å². The van der Waals surface area contributed by atoms with Crippen LogP contribution in [0, 0.1) is 0 Å². The Hall–Kier alpha value is -4.27. The SMILES string of the molecule is COc1cc([C@@H]2C3=C(CN(C(C)=O)C3=O)Nc3cccc4c3c2cn4C)ccc1OCC(=O)O. The van der Waals surface area contributed by atoms with Crippen molar-refractivity contribution in [1.29, 1.82) is 0 Å². The Kier molecular flexibility index (Phi) is 5.04. The van der Waals surface area contributed by atoms with Crippen molar-refractivity contribution >= 4 is 34.4 Å². The first-order valence-electron chi connectivity index (χ1n) is 10.7. The summed E-state index contributed by atoms with van der Waals surface area (Å²) in [6, 6.07) is 11.1. The fourth-order valence-corrected chi connectivity index (χ4v) is 4.84. The number of carbonyl (C=O) groups is 3. The molecule has 0 radical (unpaired) electrons. The van der Waals surface area contributed by atoms with E-state index >= 15 is 0 Å². The van der Waals surface area contributed by atoms with Crippen molar-refractivity contribution in [2.75, 3.05) is 25.6 Å². The number of nitrogens with zero attached hydrogens (tertiary/aromatic N) is 2. The van der Waals surface area contributed by atoms with Gasteiger partial charge in [-0.2, -0.15) is 0 Å². The lowest BCUT2D eigenvalue weighted by molar-refractivity contribution is -0.140. The van der Waals surface area contributed by atoms with Crippen molar-refractivity contribution in [3.8, 4) is 11.5 Å². The molecule has 0 aliphatic carbocycles. The first-order chi connectivity index (χ1) is 16.3. The third kappa shape index (κ3) is 3.28. The summed E-state index contributed by atoms with van der Waals surface area (Å²) in [5.41, 5.74) is 4.74. The van der Waals surface area contributed by atoms with E-state index in [0.717, 1.165) is 27.7 Å². The van der Waals surface area contributed by atoms with Crippen LogP contribution in [0.15, 0.2) is 53.9 Å². The van der Waals surface area contributed by atoms with Gasteiger partial charge in [0.2, 0.25) is 5.91 Å². The van der Waals surface area contributed by atoms with E-state index in [1.165, 1.54) is 18.9 Å². The zero-order chi connectivity index (χ0) is 24.1. The Morgan fingerprint density at radius 2 is 2.00 bits per heavy atom. The fraction of sp³-hybridized carbons (Fsp3) is 0.240. The van der Waals surface area contributed by atoms with Gasteiger partial charge in [0.25, 0.3) is 5.91 Å². The summed E-state index contributed by atoms with van der Waals surface area (Å²) < 4.78 is 12.9. The normalized spacial score (nSPS) is 16.9. The maximum absolute atomic E-state index is 13.5. The van der Waals surface area contributed by atoms with Crippen LogP contribution in [0.5, 0.6) is 11.5 Å². The molecule has 2 aromatic carbocycles. The summed E-state index contributed by atoms with van der Waals surface area (Å²) >= 11 is 0. The molecule has 2 aliphatic rings. The lowest BCUT2D eigenvalue weighted by atomic mass is 9.84. The zero-order valence-corrected chi connectivity index (χ0v) is 18.9. The second-order valence-corrected chi connectivity index (χ2v) is 8.35. The van der Waals surface area contributed by atoms with Gasteiger partial charge in [0.1, 0.15) is 0 Å². The van der Waals surface area contributed by atoms with E-state index in [4.69, 9.17) is 14.6 Å². The average molecular weight is 461 g/mol. The summed E-state index contributed by atoms with van der Waals surface area (Å²) in [6.07, 6.45) is 2.00. The molecule has 3 heterocycles. The van der Waals surface area contributed by atoms with E-state index in [1.807, 2.05) is 36.0 Å². The lowest BCUT2D eigenvalue weighted by Gasteiger charge is -2.20. The highest BCUT2D eigenvalue weighted by Crippen LogP contribution is 2.47. The van der Waals surface area contributed by atoms with Crippen LogP contribution in [0.2, 0.25) is 0 Å². The highest BCUT2D eigenvalue weighted by Gasteiger charge is 2.41. The maximum Gasteiger partial charge on any atom is 0.341 e. The predicted molar refractivity (Wildman–Crippen MR) is 124 cm³/mol. The number of amides is 2. The standard InChI is InChI=1S/C25H23N3O6/c1-13(29)28-11-17-24(25(28)32)22(14-7-8-19(20(9-14)33-3)34-12-21(30)31)15-10-27(2)18-6-4-5-16(26-17)23(15)18/h4-10,22,26H,11-12H2,1-3H3,(H,30,31)/t22-/m0/s1. The summed E-state index contributed by atoms with van der Waals surface area (Å²) in [4.78, 5) is 37.9. The number of ether oxygens (including phenoxy) is 2. The minimum atomic E-state index is -1.10. The van der Waals surface area contributed by atoms with Gasteiger partial charge in [-0.15, -0.1) is 0 Å². The zero-order valence-electron chi connectivity index (χ0n) is 18.9. The van der Waals surface area contributed by atoms with Crippen LogP contribution < -0.4 is 14.8 Å². The Morgan fingerprint density at radius 1 is 1.21 bits per heavy atom. The predicted octanol–water partition coefficient (Wildman–Crippen LogP) is 2.85. The number of anilines is 1. The molecule has 9 heteroatoms. The summed E-state index contributed by atoms with van der Waals surface area (Å²) in [5.74, 6) is -1.59. The molecule has 2 aliphatic heterocycles. The van der Waals surface area contributed by atoms with Gasteiger partial charge in [-0.05, 0) is 35.4 Å². The summed E-state index contributed by atoms with van der Waals surface area (Å²) in [7, 11) is 3.42. The number of benzene rings is 2. The van der Waals surface area contributed by atoms with Gasteiger partial charge in [-0.1, -0.05) is 12.1 Å². The summed E-state index contributed by atoms with van der Waals surface area (Å²) in [6.45, 7) is 1.05. The molecule has 0 fully saturated rings. The molecule has 9 nitrogen and oxygen atoms in total. The highest BCUT2D eigenvalue weighted by atomic mass is 16.5. The number of aromatic nitrogens is 1. The quantitative estimate of drug-likeness (QED) is 0.601. The van der Waals surface area contributed by atoms with Gasteiger partial charge >= 0.3 is 5.97 Å². The Balaban J connectivity index is 1.72. The molecule has 1 atom stereocenters. The number of carbonyl (C=O) groups excluding carboxylic acids is 2. The molecule has 1 aromatic heterocycles. The Labute approximate surface area is 195 Å². The lowest BCUT2D eigenvalue weighted by Crippen LogP contribution is -2.33. The number of aliphatic carboxylic acids is 1. The number of carboxylic acids is 1. The number of imide groups is 1. The van der Waals surface area contributed by atoms with Crippen LogP contribution in [0.4, 0.5) is 5.69 Å². The van der Waals surface area contributed by atoms with Gasteiger partial charge in [0.05, 0.1) is 24.7 Å². The van der Waals surface area contributed by atoms with E-state index < -0.39 is 18.5 Å². The molecule has 34 heavy (non-hydrogen) atoms. The molecule has 0 saturated heterocycles. The Morgan fingerprint density at radius 3 is 2.71 bits per heavy atom. The number of carboxylic acid groups (broad SMARTS) is 1. The molecule has 2 amide bonds. The minimum absolute atomic E-state index is 0.170.